The molecule has 1 heterocycles. The lowest BCUT2D eigenvalue weighted by molar-refractivity contribution is -0.384. The zero-order valence-corrected chi connectivity index (χ0v) is 17.8. The van der Waals surface area contributed by atoms with Crippen molar-refractivity contribution in [2.75, 3.05) is 0 Å². The third kappa shape index (κ3) is 5.51. The van der Waals surface area contributed by atoms with Gasteiger partial charge in [0.15, 0.2) is 0 Å². The van der Waals surface area contributed by atoms with E-state index in [2.05, 4.69) is 67.5 Å². The van der Waals surface area contributed by atoms with Gasteiger partial charge in [0.2, 0.25) is 11.8 Å². The molecular formula is C23H28N4O3. The molecule has 0 amide bonds. The summed E-state index contributed by atoms with van der Waals surface area (Å²) in [5.41, 5.74) is 3.26. The van der Waals surface area contributed by atoms with E-state index < -0.39 is 4.92 Å². The van der Waals surface area contributed by atoms with Crippen LogP contribution in [0.2, 0.25) is 0 Å². The first-order chi connectivity index (χ1) is 14.3. The summed E-state index contributed by atoms with van der Waals surface area (Å²) in [6.45, 7) is 9.24. The van der Waals surface area contributed by atoms with Gasteiger partial charge in [0, 0.05) is 23.7 Å². The Bertz CT molecular complexity index is 963. The van der Waals surface area contributed by atoms with Crippen LogP contribution in [0.5, 0.6) is 0 Å². The van der Waals surface area contributed by atoms with Crippen LogP contribution in [0.4, 0.5) is 5.69 Å². The molecule has 1 aromatic heterocycles. The average Bonchev–Trinajstić information content (AvgIpc) is 3.18. The third-order valence-electron chi connectivity index (χ3n) is 4.91. The lowest BCUT2D eigenvalue weighted by Gasteiger charge is -2.22. The highest BCUT2D eigenvalue weighted by Gasteiger charge is 2.17. The van der Waals surface area contributed by atoms with Crippen molar-refractivity contribution in [2.24, 2.45) is 11.8 Å². The fraction of sp³-hybridized carbons (Fsp3) is 0.391. The van der Waals surface area contributed by atoms with Crippen molar-refractivity contribution in [1.29, 1.82) is 0 Å². The number of hydrogen-bond donors (Lipinski definition) is 1. The largest absolute Gasteiger partial charge is 0.419 e. The lowest BCUT2D eigenvalue weighted by atomic mass is 9.94. The Morgan fingerprint density at radius 3 is 2.23 bits per heavy atom. The van der Waals surface area contributed by atoms with Gasteiger partial charge in [0.05, 0.1) is 11.5 Å². The molecule has 0 bridgehead atoms. The number of nitro groups is 1. The summed E-state index contributed by atoms with van der Waals surface area (Å²) in [6.07, 6.45) is 1.08. The number of nitro benzene ring substituents is 1. The second-order valence-corrected chi connectivity index (χ2v) is 8.25. The van der Waals surface area contributed by atoms with Gasteiger partial charge in [-0.15, -0.1) is 10.2 Å². The topological polar surface area (TPSA) is 94.1 Å². The van der Waals surface area contributed by atoms with Crippen molar-refractivity contribution in [3.8, 4) is 11.5 Å². The van der Waals surface area contributed by atoms with E-state index in [1.165, 1.54) is 23.3 Å². The zero-order chi connectivity index (χ0) is 21.7. The summed E-state index contributed by atoms with van der Waals surface area (Å²) in [7, 11) is 0. The normalized spacial score (nSPS) is 12.5. The van der Waals surface area contributed by atoms with Gasteiger partial charge >= 0.3 is 0 Å². The first-order valence-corrected chi connectivity index (χ1v) is 10.2. The van der Waals surface area contributed by atoms with Crippen LogP contribution in [0.1, 0.15) is 50.8 Å². The number of rotatable bonds is 9. The van der Waals surface area contributed by atoms with Gasteiger partial charge in [-0.3, -0.25) is 10.1 Å². The van der Waals surface area contributed by atoms with Crippen molar-refractivity contribution < 1.29 is 9.34 Å². The van der Waals surface area contributed by atoms with Gasteiger partial charge in [-0.25, -0.2) is 0 Å². The SMILES string of the molecule is CC(C)Cc1ccc(C(NCc2nnc(-c3ccc([N+](=O)[O-])cc3)o2)C(C)C)cc1. The highest BCUT2D eigenvalue weighted by molar-refractivity contribution is 5.55. The summed E-state index contributed by atoms with van der Waals surface area (Å²) in [5, 5.41) is 22.5. The Morgan fingerprint density at radius 1 is 1.00 bits per heavy atom. The second kappa shape index (κ2) is 9.63. The van der Waals surface area contributed by atoms with E-state index in [0.717, 1.165) is 6.42 Å². The molecule has 3 aromatic rings. The molecule has 7 nitrogen and oxygen atoms in total. The van der Waals surface area contributed by atoms with Crippen LogP contribution >= 0.6 is 0 Å². The van der Waals surface area contributed by atoms with Gasteiger partial charge < -0.3 is 9.73 Å². The fourth-order valence-corrected chi connectivity index (χ4v) is 3.44. The number of nitrogens with one attached hydrogen (secondary N) is 1. The molecular weight excluding hydrogens is 380 g/mol. The van der Waals surface area contributed by atoms with Crippen LogP contribution in [-0.2, 0) is 13.0 Å². The number of non-ortho nitro benzene ring substituents is 1. The first-order valence-electron chi connectivity index (χ1n) is 10.2. The van der Waals surface area contributed by atoms with Gasteiger partial charge in [0.25, 0.3) is 5.69 Å². The van der Waals surface area contributed by atoms with Crippen LogP contribution in [0, 0.1) is 22.0 Å². The molecule has 0 spiro atoms. The van der Waals surface area contributed by atoms with Crippen LogP contribution in [0.3, 0.4) is 0 Å². The Kier molecular flexibility index (Phi) is 6.95. The van der Waals surface area contributed by atoms with E-state index in [-0.39, 0.29) is 11.7 Å². The minimum Gasteiger partial charge on any atom is -0.419 e. The summed E-state index contributed by atoms with van der Waals surface area (Å²) >= 11 is 0. The summed E-state index contributed by atoms with van der Waals surface area (Å²) < 4.78 is 5.74. The van der Waals surface area contributed by atoms with Crippen molar-refractivity contribution in [3.63, 3.8) is 0 Å². The summed E-state index contributed by atoms with van der Waals surface area (Å²) in [6, 6.07) is 15.0. The third-order valence-corrected chi connectivity index (χ3v) is 4.91. The maximum atomic E-state index is 10.8. The van der Waals surface area contributed by atoms with Crippen LogP contribution in [0.25, 0.3) is 11.5 Å². The highest BCUT2D eigenvalue weighted by Crippen LogP contribution is 2.24. The van der Waals surface area contributed by atoms with Gasteiger partial charge in [-0.1, -0.05) is 52.0 Å². The molecule has 0 aliphatic carbocycles. The molecule has 158 valence electrons. The van der Waals surface area contributed by atoms with Crippen LogP contribution < -0.4 is 5.32 Å². The summed E-state index contributed by atoms with van der Waals surface area (Å²) in [4.78, 5) is 10.3. The minimum atomic E-state index is -0.436. The minimum absolute atomic E-state index is 0.0272. The second-order valence-electron chi connectivity index (χ2n) is 8.25. The predicted molar refractivity (Wildman–Crippen MR) is 116 cm³/mol. The summed E-state index contributed by atoms with van der Waals surface area (Å²) in [5.74, 6) is 1.85. The Labute approximate surface area is 176 Å². The van der Waals surface area contributed by atoms with Crippen molar-refractivity contribution >= 4 is 5.69 Å². The molecule has 7 heteroatoms. The van der Waals surface area contributed by atoms with E-state index in [1.54, 1.807) is 12.1 Å². The maximum Gasteiger partial charge on any atom is 0.269 e. The Balaban J connectivity index is 1.66. The average molecular weight is 409 g/mol. The number of hydrogen-bond acceptors (Lipinski definition) is 6. The monoisotopic (exact) mass is 408 g/mol. The number of benzene rings is 2. The molecule has 1 N–H and O–H groups in total. The quantitative estimate of drug-likeness (QED) is 0.380. The van der Waals surface area contributed by atoms with Gasteiger partial charge in [-0.05, 0) is 41.5 Å². The van der Waals surface area contributed by atoms with Crippen molar-refractivity contribution in [2.45, 2.75) is 46.7 Å². The Hall–Kier alpha value is -3.06. The van der Waals surface area contributed by atoms with E-state index in [1.807, 2.05) is 0 Å². The molecule has 1 atom stereocenters. The molecule has 0 radical (unpaired) electrons. The standard InChI is InChI=1S/C23H28N4O3/c1-15(2)13-17-5-7-18(8-6-17)22(16(3)4)24-14-21-25-26-23(30-21)19-9-11-20(12-10-19)27(28)29/h5-12,15-16,22,24H,13-14H2,1-4H3. The van der Waals surface area contributed by atoms with Crippen molar-refractivity contribution in [1.82, 2.24) is 15.5 Å². The molecule has 0 saturated heterocycles. The van der Waals surface area contributed by atoms with Crippen molar-refractivity contribution in [3.05, 3.63) is 75.7 Å². The van der Waals surface area contributed by atoms with E-state index >= 15 is 0 Å². The molecule has 2 aromatic carbocycles. The smallest absolute Gasteiger partial charge is 0.269 e. The van der Waals surface area contributed by atoms with E-state index in [0.29, 0.717) is 35.7 Å². The van der Waals surface area contributed by atoms with E-state index in [9.17, 15) is 10.1 Å². The highest BCUT2D eigenvalue weighted by atomic mass is 16.6. The maximum absolute atomic E-state index is 10.8. The number of aromatic nitrogens is 2. The Morgan fingerprint density at radius 2 is 1.67 bits per heavy atom. The number of nitrogens with zero attached hydrogens (tertiary/aromatic N) is 3. The van der Waals surface area contributed by atoms with Gasteiger partial charge in [-0.2, -0.15) is 0 Å². The molecule has 3 rings (SSSR count). The molecule has 30 heavy (non-hydrogen) atoms. The molecule has 0 fully saturated rings. The first kappa shape index (κ1) is 21.6. The molecule has 0 saturated carbocycles. The predicted octanol–water partition coefficient (Wildman–Crippen LogP) is 5.33. The zero-order valence-electron chi connectivity index (χ0n) is 17.8. The van der Waals surface area contributed by atoms with Crippen LogP contribution in [0.15, 0.2) is 52.9 Å². The van der Waals surface area contributed by atoms with Crippen LogP contribution in [-0.4, -0.2) is 15.1 Å². The van der Waals surface area contributed by atoms with E-state index in [4.69, 9.17) is 4.42 Å². The fourth-order valence-electron chi connectivity index (χ4n) is 3.44. The van der Waals surface area contributed by atoms with Gasteiger partial charge in [0.1, 0.15) is 0 Å². The molecule has 0 aliphatic heterocycles. The lowest BCUT2D eigenvalue weighted by Crippen LogP contribution is -2.25. The molecule has 1 unspecified atom stereocenters. The molecule has 0 aliphatic rings.